The number of carbonyl (C=O) groups excluding carboxylic acids is 2. The Labute approximate surface area is 179 Å². The van der Waals surface area contributed by atoms with Crippen LogP contribution in [-0.4, -0.2) is 40.5 Å². The fraction of sp³-hybridized carbons (Fsp3) is 0.263. The molecule has 0 aliphatic carbocycles. The van der Waals surface area contributed by atoms with Gasteiger partial charge in [0, 0.05) is 18.7 Å². The van der Waals surface area contributed by atoms with Gasteiger partial charge in [-0.3, -0.25) is 9.59 Å². The van der Waals surface area contributed by atoms with Crippen molar-refractivity contribution in [3.8, 4) is 11.5 Å². The van der Waals surface area contributed by atoms with Crippen LogP contribution in [0.2, 0.25) is 5.02 Å². The fourth-order valence-electron chi connectivity index (χ4n) is 2.47. The van der Waals surface area contributed by atoms with Gasteiger partial charge in [-0.2, -0.15) is 4.72 Å². The van der Waals surface area contributed by atoms with Crippen LogP contribution >= 0.6 is 11.6 Å². The third-order valence-corrected chi connectivity index (χ3v) is 5.79. The highest BCUT2D eigenvalue weighted by molar-refractivity contribution is 7.89. The number of benzene rings is 2. The molecule has 2 aromatic carbocycles. The van der Waals surface area contributed by atoms with Gasteiger partial charge in [0.2, 0.25) is 21.8 Å². The maximum absolute atomic E-state index is 12.6. The monoisotopic (exact) mass is 455 g/mol. The molecule has 0 saturated heterocycles. The molecule has 162 valence electrons. The van der Waals surface area contributed by atoms with Crippen LogP contribution in [0.1, 0.15) is 13.8 Å². The van der Waals surface area contributed by atoms with E-state index in [4.69, 9.17) is 21.1 Å². The topological polar surface area (TPSA) is 123 Å². The maximum Gasteiger partial charge on any atom is 0.242 e. The van der Waals surface area contributed by atoms with Crippen molar-refractivity contribution < 1.29 is 27.5 Å². The Bertz CT molecular complexity index is 1040. The quantitative estimate of drug-likeness (QED) is 0.562. The van der Waals surface area contributed by atoms with Crippen LogP contribution in [0, 0.1) is 0 Å². The zero-order valence-corrected chi connectivity index (χ0v) is 18.3. The Morgan fingerprint density at radius 3 is 2.13 bits per heavy atom. The van der Waals surface area contributed by atoms with Crippen molar-refractivity contribution in [1.82, 2.24) is 4.72 Å². The van der Waals surface area contributed by atoms with Crippen LogP contribution in [-0.2, 0) is 19.6 Å². The van der Waals surface area contributed by atoms with Gasteiger partial charge < -0.3 is 20.1 Å². The van der Waals surface area contributed by atoms with Crippen molar-refractivity contribution in [2.45, 2.75) is 24.8 Å². The van der Waals surface area contributed by atoms with E-state index in [9.17, 15) is 18.0 Å². The van der Waals surface area contributed by atoms with E-state index in [0.717, 1.165) is 0 Å². The van der Waals surface area contributed by atoms with Gasteiger partial charge in [-0.25, -0.2) is 8.42 Å². The molecule has 0 aliphatic rings. The first-order chi connectivity index (χ1) is 14.1. The molecule has 2 amide bonds. The second-order valence-corrected chi connectivity index (χ2v) is 8.35. The molecular formula is C19H22ClN3O6S. The van der Waals surface area contributed by atoms with E-state index in [1.54, 1.807) is 0 Å². The van der Waals surface area contributed by atoms with Crippen molar-refractivity contribution in [3.05, 3.63) is 41.4 Å². The average Bonchev–Trinajstić information content (AvgIpc) is 2.67. The summed E-state index contributed by atoms with van der Waals surface area (Å²) in [6, 6.07) is 7.39. The zero-order valence-electron chi connectivity index (χ0n) is 16.8. The molecule has 0 bridgehead atoms. The summed E-state index contributed by atoms with van der Waals surface area (Å²) in [5, 5.41) is 5.37. The number of rotatable bonds is 8. The zero-order chi connectivity index (χ0) is 22.5. The smallest absolute Gasteiger partial charge is 0.242 e. The fourth-order valence-corrected chi connectivity index (χ4v) is 3.92. The van der Waals surface area contributed by atoms with E-state index in [1.807, 2.05) is 0 Å². The minimum atomic E-state index is -3.98. The first kappa shape index (κ1) is 23.5. The Morgan fingerprint density at radius 2 is 1.60 bits per heavy atom. The lowest BCUT2D eigenvalue weighted by Crippen LogP contribution is -2.41. The summed E-state index contributed by atoms with van der Waals surface area (Å²) in [5.41, 5.74) is 0.717. The summed E-state index contributed by atoms with van der Waals surface area (Å²) >= 11 is 6.08. The number of carbonyl (C=O) groups is 2. The van der Waals surface area contributed by atoms with Crippen LogP contribution in [0.3, 0.4) is 0 Å². The van der Waals surface area contributed by atoms with Crippen LogP contribution in [0.4, 0.5) is 11.4 Å². The molecule has 0 spiro atoms. The first-order valence-electron chi connectivity index (χ1n) is 8.69. The second-order valence-electron chi connectivity index (χ2n) is 6.22. The van der Waals surface area contributed by atoms with Crippen LogP contribution in [0.25, 0.3) is 0 Å². The molecule has 0 fully saturated rings. The van der Waals surface area contributed by atoms with Crippen molar-refractivity contribution in [2.75, 3.05) is 24.9 Å². The number of hydrogen-bond acceptors (Lipinski definition) is 6. The van der Waals surface area contributed by atoms with Gasteiger partial charge in [-0.05, 0) is 37.3 Å². The molecule has 1 atom stereocenters. The highest BCUT2D eigenvalue weighted by Crippen LogP contribution is 2.35. The summed E-state index contributed by atoms with van der Waals surface area (Å²) in [5.74, 6) is -0.229. The SMILES string of the molecule is COc1cc(OC)c(NC(=O)[C@H](C)NS(=O)(=O)c2ccc(NC(C)=O)cc2)cc1Cl. The van der Waals surface area contributed by atoms with E-state index in [0.29, 0.717) is 17.2 Å². The molecule has 0 aromatic heterocycles. The van der Waals surface area contributed by atoms with E-state index in [1.165, 1.54) is 64.5 Å². The van der Waals surface area contributed by atoms with Gasteiger partial charge in [0.15, 0.2) is 0 Å². The molecule has 30 heavy (non-hydrogen) atoms. The predicted octanol–water partition coefficient (Wildman–Crippen LogP) is 2.62. The minimum absolute atomic E-state index is 0.0543. The van der Waals surface area contributed by atoms with E-state index < -0.39 is 22.0 Å². The molecule has 0 aliphatic heterocycles. The van der Waals surface area contributed by atoms with Crippen LogP contribution in [0.5, 0.6) is 11.5 Å². The lowest BCUT2D eigenvalue weighted by molar-refractivity contribution is -0.117. The highest BCUT2D eigenvalue weighted by atomic mass is 35.5. The summed E-state index contributed by atoms with van der Waals surface area (Å²) in [4.78, 5) is 23.5. The van der Waals surface area contributed by atoms with Crippen molar-refractivity contribution >= 4 is 44.8 Å². The Morgan fingerprint density at radius 1 is 1.00 bits per heavy atom. The molecule has 2 aromatic rings. The van der Waals surface area contributed by atoms with Gasteiger partial charge in [0.1, 0.15) is 11.5 Å². The average molecular weight is 456 g/mol. The molecular weight excluding hydrogens is 434 g/mol. The standard InChI is InChI=1S/C19H22ClN3O6S/c1-11(19(25)22-16-9-15(20)17(28-3)10-18(16)29-4)23-30(26,27)14-7-5-13(6-8-14)21-12(2)24/h5-11,23H,1-4H3,(H,21,24)(H,22,25)/t11-/m0/s1. The first-order valence-corrected chi connectivity index (χ1v) is 10.6. The van der Waals surface area contributed by atoms with Crippen LogP contribution < -0.4 is 24.8 Å². The maximum atomic E-state index is 12.6. The highest BCUT2D eigenvalue weighted by Gasteiger charge is 2.23. The molecule has 0 unspecified atom stereocenters. The third-order valence-electron chi connectivity index (χ3n) is 3.94. The molecule has 0 saturated carbocycles. The van der Waals surface area contributed by atoms with E-state index in [-0.39, 0.29) is 21.5 Å². The number of ether oxygens (including phenoxy) is 2. The van der Waals surface area contributed by atoms with Crippen molar-refractivity contribution in [1.29, 1.82) is 0 Å². The lowest BCUT2D eigenvalue weighted by atomic mass is 10.2. The van der Waals surface area contributed by atoms with Gasteiger partial charge in [-0.15, -0.1) is 0 Å². The van der Waals surface area contributed by atoms with Gasteiger partial charge >= 0.3 is 0 Å². The van der Waals surface area contributed by atoms with Gasteiger partial charge in [-0.1, -0.05) is 11.6 Å². The van der Waals surface area contributed by atoms with Gasteiger partial charge in [0.05, 0.1) is 35.9 Å². The number of methoxy groups -OCH3 is 2. The number of hydrogen-bond donors (Lipinski definition) is 3. The lowest BCUT2D eigenvalue weighted by Gasteiger charge is -2.17. The predicted molar refractivity (Wildman–Crippen MR) is 114 cm³/mol. The molecule has 3 N–H and O–H groups in total. The Kier molecular flexibility index (Phi) is 7.65. The number of nitrogens with one attached hydrogen (secondary N) is 3. The minimum Gasteiger partial charge on any atom is -0.495 e. The number of amides is 2. The number of anilines is 2. The van der Waals surface area contributed by atoms with E-state index >= 15 is 0 Å². The van der Waals surface area contributed by atoms with E-state index in [2.05, 4.69) is 15.4 Å². The Hall–Kier alpha value is -2.82. The molecule has 0 heterocycles. The molecule has 0 radical (unpaired) electrons. The summed E-state index contributed by atoms with van der Waals surface area (Å²) in [6.07, 6.45) is 0. The second kappa shape index (κ2) is 9.79. The Balaban J connectivity index is 2.13. The molecule has 11 heteroatoms. The number of sulfonamides is 1. The summed E-state index contributed by atoms with van der Waals surface area (Å²) in [6.45, 7) is 2.74. The van der Waals surface area contributed by atoms with Crippen molar-refractivity contribution in [3.63, 3.8) is 0 Å². The summed E-state index contributed by atoms with van der Waals surface area (Å²) in [7, 11) is -1.12. The third kappa shape index (κ3) is 5.85. The number of halogens is 1. The largest absolute Gasteiger partial charge is 0.495 e. The normalized spacial score (nSPS) is 12.0. The van der Waals surface area contributed by atoms with Crippen molar-refractivity contribution in [2.24, 2.45) is 0 Å². The summed E-state index contributed by atoms with van der Waals surface area (Å²) < 4.78 is 37.7. The van der Waals surface area contributed by atoms with Gasteiger partial charge in [0.25, 0.3) is 0 Å². The molecule has 9 nitrogen and oxygen atoms in total. The molecule has 2 rings (SSSR count). The van der Waals surface area contributed by atoms with Crippen LogP contribution in [0.15, 0.2) is 41.3 Å².